The van der Waals surface area contributed by atoms with E-state index in [4.69, 9.17) is 9.47 Å². The fourth-order valence-electron chi connectivity index (χ4n) is 4.63. The topological polar surface area (TPSA) is 108 Å². The molecule has 2 aliphatic rings. The number of rotatable bonds is 7. The third kappa shape index (κ3) is 6.06. The molecule has 2 aromatic rings. The van der Waals surface area contributed by atoms with E-state index in [0.717, 1.165) is 13.1 Å². The van der Waals surface area contributed by atoms with E-state index >= 15 is 0 Å². The Hall–Kier alpha value is -3.15. The van der Waals surface area contributed by atoms with Crippen LogP contribution >= 0.6 is 0 Å². The van der Waals surface area contributed by atoms with Gasteiger partial charge >= 0.3 is 0 Å². The van der Waals surface area contributed by atoms with Gasteiger partial charge in [-0.3, -0.25) is 9.59 Å². The number of carbonyl (C=O) groups is 2. The second-order valence-electron chi connectivity index (χ2n) is 9.38. The summed E-state index contributed by atoms with van der Waals surface area (Å²) in [7, 11) is 1.02. The summed E-state index contributed by atoms with van der Waals surface area (Å²) in [6.07, 6.45) is 1.13. The second kappa shape index (κ2) is 11.5. The van der Waals surface area contributed by atoms with Crippen molar-refractivity contribution in [1.82, 2.24) is 14.1 Å². The molecular weight excluding hydrogens is 496 g/mol. The van der Waals surface area contributed by atoms with Crippen LogP contribution in [0.1, 0.15) is 23.2 Å². The SMILES string of the molecule is COc1ccc(OC)c(S(=O)(=O)N2CCC[C@H](C(=O)Nc3ccc(C(=O)N4CCN(C)CC4)cc3)C2)c1. The number of carbonyl (C=O) groups excluding carboxylic acids is 2. The number of sulfonamides is 1. The van der Waals surface area contributed by atoms with Crippen LogP contribution in [-0.2, 0) is 14.8 Å². The molecule has 11 heteroatoms. The molecule has 0 spiro atoms. The summed E-state index contributed by atoms with van der Waals surface area (Å²) in [6.45, 7) is 3.45. The fourth-order valence-corrected chi connectivity index (χ4v) is 6.33. The lowest BCUT2D eigenvalue weighted by Gasteiger charge is -2.32. The van der Waals surface area contributed by atoms with Crippen molar-refractivity contribution in [3.8, 4) is 11.5 Å². The zero-order valence-electron chi connectivity index (χ0n) is 21.5. The van der Waals surface area contributed by atoms with Gasteiger partial charge in [-0.25, -0.2) is 8.42 Å². The molecule has 2 amide bonds. The number of nitrogens with zero attached hydrogens (tertiary/aromatic N) is 3. The predicted molar refractivity (Wildman–Crippen MR) is 140 cm³/mol. The van der Waals surface area contributed by atoms with Crippen molar-refractivity contribution in [2.45, 2.75) is 17.7 Å². The monoisotopic (exact) mass is 530 g/mol. The molecule has 0 radical (unpaired) electrons. The van der Waals surface area contributed by atoms with Gasteiger partial charge < -0.3 is 24.6 Å². The van der Waals surface area contributed by atoms with Gasteiger partial charge in [0.1, 0.15) is 16.4 Å². The summed E-state index contributed by atoms with van der Waals surface area (Å²) in [5.41, 5.74) is 1.14. The number of hydrogen-bond acceptors (Lipinski definition) is 7. The van der Waals surface area contributed by atoms with Gasteiger partial charge in [0, 0.05) is 56.6 Å². The highest BCUT2D eigenvalue weighted by Gasteiger charge is 2.35. The Morgan fingerprint density at radius 2 is 1.65 bits per heavy atom. The Morgan fingerprint density at radius 1 is 0.946 bits per heavy atom. The smallest absolute Gasteiger partial charge is 0.253 e. The summed E-state index contributed by atoms with van der Waals surface area (Å²) in [5.74, 6) is -0.159. The van der Waals surface area contributed by atoms with Gasteiger partial charge in [0.15, 0.2) is 0 Å². The first-order valence-corrected chi connectivity index (χ1v) is 13.8. The van der Waals surface area contributed by atoms with Crippen molar-refractivity contribution < 1.29 is 27.5 Å². The number of anilines is 1. The highest BCUT2D eigenvalue weighted by Crippen LogP contribution is 2.33. The van der Waals surface area contributed by atoms with Gasteiger partial charge in [0.25, 0.3) is 5.91 Å². The van der Waals surface area contributed by atoms with Crippen molar-refractivity contribution in [3.05, 3.63) is 48.0 Å². The first-order chi connectivity index (χ1) is 17.7. The van der Waals surface area contributed by atoms with Gasteiger partial charge in [0.2, 0.25) is 15.9 Å². The Labute approximate surface area is 218 Å². The minimum absolute atomic E-state index is 0.0102. The maximum atomic E-state index is 13.4. The molecule has 2 heterocycles. The number of piperazine rings is 1. The third-order valence-electron chi connectivity index (χ3n) is 6.93. The van der Waals surface area contributed by atoms with Gasteiger partial charge in [-0.05, 0) is 56.3 Å². The van der Waals surface area contributed by atoms with Crippen LogP contribution in [0, 0.1) is 5.92 Å². The second-order valence-corrected chi connectivity index (χ2v) is 11.3. The summed E-state index contributed by atoms with van der Waals surface area (Å²) >= 11 is 0. The molecule has 0 aromatic heterocycles. The number of ether oxygens (including phenoxy) is 2. The van der Waals surface area contributed by atoms with E-state index in [9.17, 15) is 18.0 Å². The van der Waals surface area contributed by atoms with Crippen molar-refractivity contribution >= 4 is 27.5 Å². The van der Waals surface area contributed by atoms with E-state index in [2.05, 4.69) is 10.2 Å². The Balaban J connectivity index is 1.41. The molecular formula is C26H34N4O6S. The molecule has 4 rings (SSSR count). The van der Waals surface area contributed by atoms with Crippen molar-refractivity contribution in [1.29, 1.82) is 0 Å². The minimum Gasteiger partial charge on any atom is -0.497 e. The van der Waals surface area contributed by atoms with Gasteiger partial charge in [-0.2, -0.15) is 4.31 Å². The van der Waals surface area contributed by atoms with E-state index in [1.54, 1.807) is 36.4 Å². The molecule has 1 atom stereocenters. The first-order valence-electron chi connectivity index (χ1n) is 12.3. The van der Waals surface area contributed by atoms with Crippen LogP contribution < -0.4 is 14.8 Å². The van der Waals surface area contributed by atoms with Crippen LogP contribution in [0.2, 0.25) is 0 Å². The standard InChI is InChI=1S/C26H34N4O6S/c1-28-13-15-29(16-14-28)26(32)19-6-8-21(9-7-19)27-25(31)20-5-4-12-30(18-20)37(33,34)24-17-22(35-2)10-11-23(24)36-3/h6-11,17,20H,4-5,12-16,18H2,1-3H3,(H,27,31)/t20-/m0/s1. The molecule has 0 saturated carbocycles. The number of piperidine rings is 1. The lowest BCUT2D eigenvalue weighted by Crippen LogP contribution is -2.47. The van der Waals surface area contributed by atoms with E-state index in [0.29, 0.717) is 49.5 Å². The molecule has 2 aromatic carbocycles. The number of nitrogens with one attached hydrogen (secondary N) is 1. The van der Waals surface area contributed by atoms with E-state index in [-0.39, 0.29) is 29.0 Å². The molecule has 10 nitrogen and oxygen atoms in total. The maximum Gasteiger partial charge on any atom is 0.253 e. The summed E-state index contributed by atoms with van der Waals surface area (Å²) in [5, 5.41) is 2.88. The lowest BCUT2D eigenvalue weighted by atomic mass is 9.98. The number of hydrogen-bond donors (Lipinski definition) is 1. The summed E-state index contributed by atoms with van der Waals surface area (Å²) < 4.78 is 38.7. The van der Waals surface area contributed by atoms with Crippen LogP contribution in [0.25, 0.3) is 0 Å². The Morgan fingerprint density at radius 3 is 2.30 bits per heavy atom. The highest BCUT2D eigenvalue weighted by atomic mass is 32.2. The quantitative estimate of drug-likeness (QED) is 0.584. The molecule has 37 heavy (non-hydrogen) atoms. The number of methoxy groups -OCH3 is 2. The van der Waals surface area contributed by atoms with E-state index in [1.807, 2.05) is 11.9 Å². The van der Waals surface area contributed by atoms with Crippen molar-refractivity contribution in [3.63, 3.8) is 0 Å². The minimum atomic E-state index is -3.90. The maximum absolute atomic E-state index is 13.4. The van der Waals surface area contributed by atoms with E-state index < -0.39 is 15.9 Å². The number of likely N-dealkylation sites (N-methyl/N-ethyl adjacent to an activating group) is 1. The van der Waals surface area contributed by atoms with Crippen LogP contribution in [0.4, 0.5) is 5.69 Å². The average molecular weight is 531 g/mol. The largest absolute Gasteiger partial charge is 0.497 e. The number of benzene rings is 2. The van der Waals surface area contributed by atoms with Gasteiger partial charge in [0.05, 0.1) is 20.1 Å². The van der Waals surface area contributed by atoms with Gasteiger partial charge in [-0.15, -0.1) is 0 Å². The number of amides is 2. The fraction of sp³-hybridized carbons (Fsp3) is 0.462. The summed E-state index contributed by atoms with van der Waals surface area (Å²) in [6, 6.07) is 11.5. The Bertz CT molecular complexity index is 1230. The third-order valence-corrected chi connectivity index (χ3v) is 8.82. The van der Waals surface area contributed by atoms with Crippen LogP contribution in [0.5, 0.6) is 11.5 Å². The molecule has 2 aliphatic heterocycles. The summed E-state index contributed by atoms with van der Waals surface area (Å²) in [4.78, 5) is 29.8. The normalized spacial score (nSPS) is 19.3. The average Bonchev–Trinajstić information content (AvgIpc) is 2.93. The predicted octanol–water partition coefficient (Wildman–Crippen LogP) is 2.13. The van der Waals surface area contributed by atoms with Crippen LogP contribution in [-0.4, -0.2) is 94.9 Å². The molecule has 0 aliphatic carbocycles. The molecule has 200 valence electrons. The van der Waals surface area contributed by atoms with Crippen molar-refractivity contribution in [2.24, 2.45) is 5.92 Å². The van der Waals surface area contributed by atoms with Gasteiger partial charge in [-0.1, -0.05) is 0 Å². The zero-order chi connectivity index (χ0) is 26.6. The highest BCUT2D eigenvalue weighted by molar-refractivity contribution is 7.89. The van der Waals surface area contributed by atoms with Crippen molar-refractivity contribution in [2.75, 3.05) is 65.9 Å². The molecule has 0 unspecified atom stereocenters. The Kier molecular flexibility index (Phi) is 8.35. The molecule has 2 saturated heterocycles. The molecule has 1 N–H and O–H groups in total. The first kappa shape index (κ1) is 26.9. The van der Waals surface area contributed by atoms with E-state index in [1.165, 1.54) is 24.6 Å². The van der Waals surface area contributed by atoms with Crippen LogP contribution in [0.15, 0.2) is 47.4 Å². The zero-order valence-corrected chi connectivity index (χ0v) is 22.3. The lowest BCUT2D eigenvalue weighted by molar-refractivity contribution is -0.120. The molecule has 0 bridgehead atoms. The molecule has 2 fully saturated rings. The van der Waals surface area contributed by atoms with Crippen LogP contribution in [0.3, 0.4) is 0 Å².